The highest BCUT2D eigenvalue weighted by molar-refractivity contribution is 14.1. The van der Waals surface area contributed by atoms with Gasteiger partial charge in [-0.25, -0.2) is 0 Å². The van der Waals surface area contributed by atoms with Crippen molar-refractivity contribution in [1.29, 1.82) is 0 Å². The summed E-state index contributed by atoms with van der Waals surface area (Å²) in [5.41, 5.74) is 0. The van der Waals surface area contributed by atoms with Gasteiger partial charge in [0.2, 0.25) is 0 Å². The zero-order chi connectivity index (χ0) is 8.81. The van der Waals surface area contributed by atoms with E-state index in [2.05, 4.69) is 4.90 Å². The molecule has 1 aliphatic heterocycles. The number of likely N-dealkylation sites (tertiary alicyclic amines) is 1. The molecule has 0 spiro atoms. The average molecular weight is 285 g/mol. The van der Waals surface area contributed by atoms with E-state index in [0.717, 1.165) is 19.8 Å². The number of nitrogens with zero attached hydrogens (tertiary/aromatic N) is 1. The maximum absolute atomic E-state index is 5.12. The van der Waals surface area contributed by atoms with E-state index in [-0.39, 0.29) is 0 Å². The van der Waals surface area contributed by atoms with Gasteiger partial charge in [0, 0.05) is 19.7 Å². The van der Waals surface area contributed by atoms with Crippen molar-refractivity contribution in [3.8, 4) is 0 Å². The molecule has 1 aliphatic rings. The largest absolute Gasteiger partial charge is 0.383 e. The molecule has 1 fully saturated rings. The van der Waals surface area contributed by atoms with E-state index in [0.29, 0.717) is 6.04 Å². The quantitative estimate of drug-likeness (QED) is 0.714. The lowest BCUT2D eigenvalue weighted by Gasteiger charge is -2.22. The molecule has 0 aromatic rings. The molecule has 0 aliphatic carbocycles. The molecule has 0 aromatic carbocycles. The van der Waals surface area contributed by atoms with Crippen LogP contribution in [-0.4, -0.2) is 44.4 Å². The van der Waals surface area contributed by atoms with Crippen LogP contribution in [0, 0.1) is 0 Å². The molecule has 3 nitrogen and oxygen atoms in total. The number of ether oxygens (including phenoxy) is 1. The van der Waals surface area contributed by atoms with Crippen LogP contribution in [0.3, 0.4) is 0 Å². The van der Waals surface area contributed by atoms with E-state index in [4.69, 9.17) is 7.80 Å². The molecular formula is C8H16INO2. The summed E-state index contributed by atoms with van der Waals surface area (Å²) in [6.45, 7) is 3.93. The third-order valence-electron chi connectivity index (χ3n) is 2.34. The molecule has 0 bridgehead atoms. The first-order valence-electron chi connectivity index (χ1n) is 4.35. The van der Waals surface area contributed by atoms with Gasteiger partial charge in [-0.05, 0) is 19.4 Å². The van der Waals surface area contributed by atoms with Crippen molar-refractivity contribution in [2.24, 2.45) is 0 Å². The van der Waals surface area contributed by atoms with Crippen molar-refractivity contribution in [2.75, 3.05) is 33.4 Å². The maximum atomic E-state index is 5.12. The second-order valence-electron chi connectivity index (χ2n) is 3.10. The molecule has 0 saturated carbocycles. The molecule has 0 aromatic heterocycles. The SMILES string of the molecule is COCCN1CCC[C@H]1COI. The van der Waals surface area contributed by atoms with Gasteiger partial charge in [0.25, 0.3) is 0 Å². The monoisotopic (exact) mass is 285 g/mol. The Balaban J connectivity index is 2.20. The van der Waals surface area contributed by atoms with Gasteiger partial charge in [-0.1, -0.05) is 0 Å². The fraction of sp³-hybridized carbons (Fsp3) is 1.00. The van der Waals surface area contributed by atoms with E-state index in [1.807, 2.05) is 23.0 Å². The van der Waals surface area contributed by atoms with Gasteiger partial charge in [-0.15, -0.1) is 0 Å². The van der Waals surface area contributed by atoms with E-state index < -0.39 is 0 Å². The summed E-state index contributed by atoms with van der Waals surface area (Å²) in [4.78, 5) is 2.45. The van der Waals surface area contributed by atoms with Gasteiger partial charge in [0.05, 0.1) is 13.2 Å². The van der Waals surface area contributed by atoms with E-state index >= 15 is 0 Å². The van der Waals surface area contributed by atoms with Crippen molar-refractivity contribution < 1.29 is 7.80 Å². The number of halogens is 1. The first-order chi connectivity index (χ1) is 5.88. The molecule has 1 saturated heterocycles. The van der Waals surface area contributed by atoms with Crippen LogP contribution in [0.25, 0.3) is 0 Å². The maximum Gasteiger partial charge on any atom is 0.109 e. The minimum absolute atomic E-state index is 0.622. The fourth-order valence-electron chi connectivity index (χ4n) is 1.66. The fourth-order valence-corrected chi connectivity index (χ4v) is 2.07. The van der Waals surface area contributed by atoms with Gasteiger partial charge < -0.3 is 7.80 Å². The topological polar surface area (TPSA) is 21.7 Å². The summed E-state index contributed by atoms with van der Waals surface area (Å²) >= 11 is 1.97. The van der Waals surface area contributed by atoms with Crippen LogP contribution in [0.2, 0.25) is 0 Å². The number of rotatable bonds is 5. The molecule has 0 unspecified atom stereocenters. The van der Waals surface area contributed by atoms with Crippen molar-refractivity contribution in [2.45, 2.75) is 18.9 Å². The van der Waals surface area contributed by atoms with Gasteiger partial charge in [0.1, 0.15) is 23.0 Å². The normalized spacial score (nSPS) is 25.0. The molecule has 1 atom stereocenters. The highest BCUT2D eigenvalue weighted by Crippen LogP contribution is 2.17. The molecule has 1 rings (SSSR count). The first-order valence-corrected chi connectivity index (χ1v) is 5.23. The third-order valence-corrected chi connectivity index (χ3v) is 2.70. The minimum Gasteiger partial charge on any atom is -0.383 e. The number of methoxy groups -OCH3 is 1. The lowest BCUT2D eigenvalue weighted by atomic mass is 10.2. The zero-order valence-corrected chi connectivity index (χ0v) is 9.62. The predicted molar refractivity (Wildman–Crippen MR) is 56.4 cm³/mol. The summed E-state index contributed by atoms with van der Waals surface area (Å²) < 4.78 is 10.2. The van der Waals surface area contributed by atoms with Gasteiger partial charge >= 0.3 is 0 Å². The van der Waals surface area contributed by atoms with E-state index in [1.165, 1.54) is 19.4 Å². The lowest BCUT2D eigenvalue weighted by molar-refractivity contribution is 0.128. The Kier molecular flexibility index (Phi) is 5.45. The van der Waals surface area contributed by atoms with Crippen LogP contribution in [0.1, 0.15) is 12.8 Å². The molecule has 1 heterocycles. The minimum atomic E-state index is 0.622. The summed E-state index contributed by atoms with van der Waals surface area (Å²) in [5.74, 6) is 0. The van der Waals surface area contributed by atoms with Crippen LogP contribution in [0.15, 0.2) is 0 Å². The summed E-state index contributed by atoms with van der Waals surface area (Å²) in [6, 6.07) is 0.622. The molecule has 0 N–H and O–H groups in total. The van der Waals surface area contributed by atoms with Crippen molar-refractivity contribution >= 4 is 23.0 Å². The van der Waals surface area contributed by atoms with Crippen LogP contribution < -0.4 is 0 Å². The van der Waals surface area contributed by atoms with Gasteiger partial charge in [-0.2, -0.15) is 0 Å². The zero-order valence-electron chi connectivity index (χ0n) is 7.46. The summed E-state index contributed by atoms with van der Waals surface area (Å²) in [6.07, 6.45) is 2.57. The van der Waals surface area contributed by atoms with E-state index in [1.54, 1.807) is 7.11 Å². The van der Waals surface area contributed by atoms with Crippen LogP contribution in [0.5, 0.6) is 0 Å². The Hall–Kier alpha value is 0.610. The van der Waals surface area contributed by atoms with Crippen molar-refractivity contribution in [1.82, 2.24) is 4.90 Å². The number of hydrogen-bond donors (Lipinski definition) is 0. The van der Waals surface area contributed by atoms with Crippen LogP contribution >= 0.6 is 23.0 Å². The Labute approximate surface area is 88.1 Å². The third kappa shape index (κ3) is 3.16. The van der Waals surface area contributed by atoms with Gasteiger partial charge in [0.15, 0.2) is 0 Å². The Bertz CT molecular complexity index is 124. The van der Waals surface area contributed by atoms with Crippen LogP contribution in [0.4, 0.5) is 0 Å². The van der Waals surface area contributed by atoms with Crippen LogP contribution in [-0.2, 0) is 7.80 Å². The summed E-state index contributed by atoms with van der Waals surface area (Å²) in [7, 11) is 1.75. The molecule has 12 heavy (non-hydrogen) atoms. The Morgan fingerprint density at radius 1 is 1.58 bits per heavy atom. The Morgan fingerprint density at radius 3 is 3.08 bits per heavy atom. The molecule has 0 amide bonds. The summed E-state index contributed by atoms with van der Waals surface area (Å²) in [5, 5.41) is 0. The number of hydrogen-bond acceptors (Lipinski definition) is 3. The second-order valence-corrected chi connectivity index (χ2v) is 3.72. The standard InChI is InChI=1S/C8H16INO2/c1-11-6-5-10-4-2-3-8(10)7-12-9/h8H,2-7H2,1H3/t8-/m0/s1. The lowest BCUT2D eigenvalue weighted by Crippen LogP contribution is -2.34. The first kappa shape index (κ1) is 10.7. The van der Waals surface area contributed by atoms with Crippen molar-refractivity contribution in [3.05, 3.63) is 0 Å². The van der Waals surface area contributed by atoms with Gasteiger partial charge in [-0.3, -0.25) is 4.90 Å². The molecular weight excluding hydrogens is 269 g/mol. The molecule has 72 valence electrons. The van der Waals surface area contributed by atoms with Crippen molar-refractivity contribution in [3.63, 3.8) is 0 Å². The smallest absolute Gasteiger partial charge is 0.109 e. The average Bonchev–Trinajstić information content (AvgIpc) is 2.50. The highest BCUT2D eigenvalue weighted by atomic mass is 127. The molecule has 4 heteroatoms. The molecule has 0 radical (unpaired) electrons. The second kappa shape index (κ2) is 6.12. The highest BCUT2D eigenvalue weighted by Gasteiger charge is 2.23. The predicted octanol–water partition coefficient (Wildman–Crippen LogP) is 1.46. The van der Waals surface area contributed by atoms with E-state index in [9.17, 15) is 0 Å². The Morgan fingerprint density at radius 2 is 2.42 bits per heavy atom.